The molecular formula is C44H88N14O18S4. The molecule has 1 rings (SSSR count). The molecule has 36 heteroatoms. The molecule has 0 aliphatic carbocycles. The van der Waals surface area contributed by atoms with Gasteiger partial charge in [-0.2, -0.15) is 0 Å². The van der Waals surface area contributed by atoms with E-state index in [9.17, 15) is 43.2 Å². The molecule has 35 N–H and O–H groups in total. The van der Waals surface area contributed by atoms with E-state index in [-0.39, 0.29) is 34.9 Å². The SMILES string of the molecule is CC(C)C(N)C(=O)O.NC(CSSCC(N)C(=O)O)C(=O)O.NC(CSSCC(N)C(=O)O)C(=O)O.NC(Cc1ccccc1)C(=O)O.NC(N)=NCCCC(N)C(=O)O.NCCCCC(N)C(=O)O.NCCCCC(N)C(=O)O. The summed E-state index contributed by atoms with van der Waals surface area (Å²) >= 11 is 0. The smallest absolute Gasteiger partial charge is 0.321 e. The summed E-state index contributed by atoms with van der Waals surface area (Å²) in [5.74, 6) is -8.08. The summed E-state index contributed by atoms with van der Waals surface area (Å²) in [6.07, 6.45) is 5.67. The summed E-state index contributed by atoms with van der Waals surface area (Å²) in [7, 11) is 4.81. The van der Waals surface area contributed by atoms with E-state index in [1.807, 2.05) is 30.3 Å². The zero-order chi connectivity index (χ0) is 63.5. The van der Waals surface area contributed by atoms with Crippen molar-refractivity contribution in [3.63, 3.8) is 0 Å². The van der Waals surface area contributed by atoms with Gasteiger partial charge < -0.3 is 120 Å². The van der Waals surface area contributed by atoms with Gasteiger partial charge >= 0.3 is 53.7 Å². The van der Waals surface area contributed by atoms with Crippen molar-refractivity contribution in [1.82, 2.24) is 0 Å². The van der Waals surface area contributed by atoms with Crippen LogP contribution in [0.15, 0.2) is 35.3 Å². The number of aliphatic carboxylic acids is 9. The fourth-order valence-electron chi connectivity index (χ4n) is 3.92. The standard InChI is InChI=1S/C9H11NO2.C6H14N4O2.2C6H12N2O4S2.2C6H14N2O2.C5H11NO2/c10-8(9(11)12)6-7-4-2-1-3-5-7;7-4(5(11)12)2-1-3-10-6(8)9;2*7-3(5(9)10)1-13-14-2-4(8)6(11)12;2*7-4-2-1-3-5(8)6(9)10;1-3(2)4(6)5(7)8/h1-5,8H,6,10H2,(H,11,12);4H,1-3,7H2,(H,11,12)(H4,8,9,10);2*3-4H,1-2,7-8H2,(H,9,10)(H,11,12);2*5H,1-4,7-8H2,(H,9,10);3-4H,6H2,1-2H3,(H,7,8). The quantitative estimate of drug-likeness (QED) is 0.0138. The number of rotatable bonds is 34. The Kier molecular flexibility index (Phi) is 59.7. The predicted octanol–water partition coefficient (Wildman–Crippen LogP) is -3.41. The average molecular weight is 1230 g/mol. The third-order valence-electron chi connectivity index (χ3n) is 8.90. The highest BCUT2D eigenvalue weighted by Crippen LogP contribution is 2.23. The maximum Gasteiger partial charge on any atom is 0.321 e. The molecule has 80 heavy (non-hydrogen) atoms. The Balaban J connectivity index is -0.000000201. The van der Waals surface area contributed by atoms with E-state index in [0.717, 1.165) is 31.2 Å². The van der Waals surface area contributed by atoms with Gasteiger partial charge in [0.15, 0.2) is 5.96 Å². The van der Waals surface area contributed by atoms with Crippen LogP contribution in [0.4, 0.5) is 0 Å². The Hall–Kier alpha value is -5.32. The highest BCUT2D eigenvalue weighted by Gasteiger charge is 2.17. The lowest BCUT2D eigenvalue weighted by Gasteiger charge is -2.07. The van der Waals surface area contributed by atoms with Crippen molar-refractivity contribution in [2.45, 2.75) is 126 Å². The maximum atomic E-state index is 10.4. The van der Waals surface area contributed by atoms with Gasteiger partial charge in [-0.05, 0) is 69.5 Å². The molecule has 9 atom stereocenters. The van der Waals surface area contributed by atoms with Crippen molar-refractivity contribution in [2.24, 2.45) is 85.4 Å². The molecule has 32 nitrogen and oxygen atoms in total. The molecule has 0 saturated heterocycles. The first kappa shape index (κ1) is 85.9. The third kappa shape index (κ3) is 61.9. The number of carboxylic acids is 9. The van der Waals surface area contributed by atoms with E-state index in [1.54, 1.807) is 13.8 Å². The Bertz CT molecular complexity index is 1780. The third-order valence-corrected chi connectivity index (χ3v) is 13.8. The fourth-order valence-corrected chi connectivity index (χ4v) is 8.37. The van der Waals surface area contributed by atoms with E-state index in [0.29, 0.717) is 51.7 Å². The number of carbonyl (C=O) groups is 9. The number of nitrogens with zero attached hydrogens (tertiary/aromatic N) is 1. The van der Waals surface area contributed by atoms with Gasteiger partial charge in [-0.25, -0.2) is 0 Å². The van der Waals surface area contributed by atoms with E-state index in [4.69, 9.17) is 120 Å². The second-order valence-electron chi connectivity index (χ2n) is 16.5. The summed E-state index contributed by atoms with van der Waals surface area (Å²) in [6, 6.07) is 1.89. The van der Waals surface area contributed by atoms with Crippen LogP contribution in [0.5, 0.6) is 0 Å². The Morgan fingerprint density at radius 2 is 0.688 bits per heavy atom. The number of benzene rings is 1. The molecule has 9 unspecified atom stereocenters. The van der Waals surface area contributed by atoms with Crippen LogP contribution in [0.3, 0.4) is 0 Å². The normalized spacial score (nSPS) is 13.5. The van der Waals surface area contributed by atoms with Crippen LogP contribution in [0, 0.1) is 5.92 Å². The van der Waals surface area contributed by atoms with Crippen LogP contribution in [-0.2, 0) is 49.6 Å². The molecule has 0 spiro atoms. The molecule has 0 fully saturated rings. The lowest BCUT2D eigenvalue weighted by molar-refractivity contribution is -0.140. The van der Waals surface area contributed by atoms with Crippen molar-refractivity contribution in [1.29, 1.82) is 0 Å². The average Bonchev–Trinajstić information content (AvgIpc) is 3.38. The molecule has 0 radical (unpaired) electrons. The first-order valence-electron chi connectivity index (χ1n) is 23.9. The summed E-state index contributed by atoms with van der Waals surface area (Å²) in [4.78, 5) is 95.6. The van der Waals surface area contributed by atoms with E-state index in [1.165, 1.54) is 43.2 Å². The van der Waals surface area contributed by atoms with Gasteiger partial charge in [0.05, 0.1) is 0 Å². The lowest BCUT2D eigenvalue weighted by atomic mass is 10.1. The molecule has 1 aromatic rings. The van der Waals surface area contributed by atoms with E-state index in [2.05, 4.69) is 4.99 Å². The number of guanidine groups is 1. The molecule has 0 heterocycles. The Morgan fingerprint density at radius 1 is 0.412 bits per heavy atom. The van der Waals surface area contributed by atoms with Crippen LogP contribution >= 0.6 is 43.2 Å². The van der Waals surface area contributed by atoms with Gasteiger partial charge in [0, 0.05) is 29.6 Å². The number of carboxylic acid groups (broad SMARTS) is 9. The second-order valence-corrected chi connectivity index (χ2v) is 21.6. The maximum absolute atomic E-state index is 10.4. The second kappa shape index (κ2) is 55.6. The van der Waals surface area contributed by atoms with Crippen molar-refractivity contribution in [3.8, 4) is 0 Å². The minimum atomic E-state index is -1.07. The predicted molar refractivity (Wildman–Crippen MR) is 311 cm³/mol. The first-order valence-corrected chi connectivity index (χ1v) is 28.9. The number of aliphatic imine (C=N–C) groups is 1. The molecular weight excluding hydrogens is 1140 g/mol. The van der Waals surface area contributed by atoms with Gasteiger partial charge in [-0.15, -0.1) is 0 Å². The van der Waals surface area contributed by atoms with Crippen LogP contribution in [-0.4, -0.2) is 203 Å². The number of hydrogen-bond donors (Lipinski definition) is 22. The van der Waals surface area contributed by atoms with Crippen LogP contribution in [0.1, 0.15) is 70.8 Å². The van der Waals surface area contributed by atoms with Crippen molar-refractivity contribution in [3.05, 3.63) is 35.9 Å². The molecule has 0 aliphatic heterocycles. The first-order chi connectivity index (χ1) is 37.0. The van der Waals surface area contributed by atoms with Crippen molar-refractivity contribution in [2.75, 3.05) is 42.6 Å². The monoisotopic (exact) mass is 1230 g/mol. The van der Waals surface area contributed by atoms with Gasteiger partial charge in [-0.3, -0.25) is 48.1 Å². The molecule has 466 valence electrons. The minimum Gasteiger partial charge on any atom is -0.480 e. The minimum absolute atomic E-state index is 0.0129. The summed E-state index contributed by atoms with van der Waals surface area (Å²) in [6.45, 7) is 5.18. The zero-order valence-electron chi connectivity index (χ0n) is 44.8. The molecule has 0 bridgehead atoms. The lowest BCUT2D eigenvalue weighted by Crippen LogP contribution is -2.34. The number of hydrogen-bond acceptors (Lipinski definition) is 25. The van der Waals surface area contributed by atoms with Gasteiger partial charge in [0.2, 0.25) is 0 Å². The molecule has 0 aliphatic rings. The van der Waals surface area contributed by atoms with E-state index >= 15 is 0 Å². The Labute approximate surface area is 480 Å². The zero-order valence-corrected chi connectivity index (χ0v) is 48.0. The highest BCUT2D eigenvalue weighted by molar-refractivity contribution is 8.77. The summed E-state index contributed by atoms with van der Waals surface area (Å²) in [5, 5.41) is 75.4. The van der Waals surface area contributed by atoms with Crippen LogP contribution < -0.4 is 74.5 Å². The Morgan fingerprint density at radius 3 is 0.900 bits per heavy atom. The molecule has 0 saturated carbocycles. The van der Waals surface area contributed by atoms with Crippen molar-refractivity contribution >= 4 is 103 Å². The van der Waals surface area contributed by atoms with Gasteiger partial charge in [-0.1, -0.05) is 100 Å². The van der Waals surface area contributed by atoms with Crippen LogP contribution in [0.25, 0.3) is 0 Å². The van der Waals surface area contributed by atoms with Gasteiger partial charge in [0.25, 0.3) is 0 Å². The van der Waals surface area contributed by atoms with Crippen LogP contribution in [0.2, 0.25) is 0 Å². The van der Waals surface area contributed by atoms with E-state index < -0.39 is 108 Å². The molecule has 1 aromatic carbocycles. The number of unbranched alkanes of at least 4 members (excludes halogenated alkanes) is 2. The topological polar surface area (TPSA) is 686 Å². The highest BCUT2D eigenvalue weighted by atomic mass is 33.1. The molecule has 0 amide bonds. The molecule has 0 aromatic heterocycles. The summed E-state index contributed by atoms with van der Waals surface area (Å²) in [5.41, 5.74) is 68.5. The van der Waals surface area contributed by atoms with Gasteiger partial charge in [0.1, 0.15) is 54.4 Å². The van der Waals surface area contributed by atoms with Crippen molar-refractivity contribution < 1.29 is 89.1 Å². The fraction of sp³-hybridized carbons (Fsp3) is 0.636. The number of nitrogens with two attached hydrogens (primary N) is 13. The largest absolute Gasteiger partial charge is 0.480 e. The summed E-state index contributed by atoms with van der Waals surface area (Å²) < 4.78 is 0.